The minimum atomic E-state index is -0.312. The smallest absolute Gasteiger partial charge is 0.262 e. The molecule has 0 saturated heterocycles. The van der Waals surface area contributed by atoms with Crippen LogP contribution in [0.1, 0.15) is 15.9 Å². The van der Waals surface area contributed by atoms with Gasteiger partial charge < -0.3 is 14.8 Å². The van der Waals surface area contributed by atoms with Gasteiger partial charge in [0.25, 0.3) is 5.91 Å². The maximum Gasteiger partial charge on any atom is 0.262 e. The first-order valence-corrected chi connectivity index (χ1v) is 7.65. The molecule has 0 atom stereocenters. The van der Waals surface area contributed by atoms with Crippen LogP contribution in [0.4, 0.5) is 5.69 Å². The number of hydrogen-bond acceptors (Lipinski definition) is 4. The lowest BCUT2D eigenvalue weighted by atomic mass is 10.2. The van der Waals surface area contributed by atoms with Gasteiger partial charge in [-0.15, -0.1) is 0 Å². The topological polar surface area (TPSA) is 64.6 Å². The lowest BCUT2D eigenvalue weighted by Crippen LogP contribution is -2.20. The molecule has 5 nitrogen and oxygen atoms in total. The third-order valence-electron chi connectivity index (χ3n) is 3.08. The van der Waals surface area contributed by atoms with Crippen LogP contribution in [-0.2, 0) is 4.79 Å². The van der Waals surface area contributed by atoms with Crippen molar-refractivity contribution in [2.75, 3.05) is 19.0 Å². The molecule has 1 N–H and O–H groups in total. The first kappa shape index (κ1) is 17.0. The van der Waals surface area contributed by atoms with E-state index in [-0.39, 0.29) is 12.5 Å². The summed E-state index contributed by atoms with van der Waals surface area (Å²) >= 11 is 3.40. The Kier molecular flexibility index (Phi) is 5.76. The summed E-state index contributed by atoms with van der Waals surface area (Å²) in [6.45, 7) is 1.77. The zero-order chi connectivity index (χ0) is 16.8. The maximum absolute atomic E-state index is 12.0. The largest absolute Gasteiger partial charge is 0.493 e. The Hall–Kier alpha value is -2.34. The SMILES string of the molecule is COc1ccc(C=O)cc1OCC(=O)Nc1ccc(C)cc1Br. The summed E-state index contributed by atoms with van der Waals surface area (Å²) in [4.78, 5) is 22.8. The number of benzene rings is 2. The highest BCUT2D eigenvalue weighted by molar-refractivity contribution is 9.10. The third kappa shape index (κ3) is 4.56. The van der Waals surface area contributed by atoms with Crippen LogP contribution < -0.4 is 14.8 Å². The average molecular weight is 378 g/mol. The number of carbonyl (C=O) groups excluding carboxylic acids is 2. The predicted molar refractivity (Wildman–Crippen MR) is 91.4 cm³/mol. The molecule has 0 spiro atoms. The summed E-state index contributed by atoms with van der Waals surface area (Å²) in [6, 6.07) is 10.4. The molecular formula is C17H16BrNO4. The van der Waals surface area contributed by atoms with E-state index in [1.165, 1.54) is 13.2 Å². The highest BCUT2D eigenvalue weighted by Gasteiger charge is 2.10. The van der Waals surface area contributed by atoms with Gasteiger partial charge in [-0.1, -0.05) is 6.07 Å². The lowest BCUT2D eigenvalue weighted by Gasteiger charge is -2.12. The molecule has 0 aliphatic heterocycles. The van der Waals surface area contributed by atoms with Crippen LogP contribution in [0, 0.1) is 6.92 Å². The number of hydrogen-bond donors (Lipinski definition) is 1. The molecule has 0 unspecified atom stereocenters. The molecule has 1 amide bonds. The number of aryl methyl sites for hydroxylation is 1. The van der Waals surface area contributed by atoms with Crippen LogP contribution >= 0.6 is 15.9 Å². The van der Waals surface area contributed by atoms with Crippen molar-refractivity contribution < 1.29 is 19.1 Å². The van der Waals surface area contributed by atoms with E-state index in [9.17, 15) is 9.59 Å². The average Bonchev–Trinajstić information content (AvgIpc) is 2.55. The summed E-state index contributed by atoms with van der Waals surface area (Å²) in [5.41, 5.74) is 2.20. The third-order valence-corrected chi connectivity index (χ3v) is 3.74. The van der Waals surface area contributed by atoms with Gasteiger partial charge in [0.15, 0.2) is 18.1 Å². The molecule has 2 aromatic rings. The van der Waals surface area contributed by atoms with E-state index in [0.29, 0.717) is 29.0 Å². The number of rotatable bonds is 6. The Bertz CT molecular complexity index is 731. The summed E-state index contributed by atoms with van der Waals surface area (Å²) in [5, 5.41) is 2.75. The first-order valence-electron chi connectivity index (χ1n) is 6.85. The number of carbonyl (C=O) groups is 2. The molecule has 0 heterocycles. The van der Waals surface area contributed by atoms with Gasteiger partial charge in [-0.05, 0) is 58.7 Å². The summed E-state index contributed by atoms with van der Waals surface area (Å²) in [5.74, 6) is 0.489. The molecule has 0 bridgehead atoms. The normalized spacial score (nSPS) is 10.0. The van der Waals surface area contributed by atoms with Crippen LogP contribution in [-0.4, -0.2) is 25.9 Å². The quantitative estimate of drug-likeness (QED) is 0.781. The summed E-state index contributed by atoms with van der Waals surface area (Å²) in [6.07, 6.45) is 0.704. The van der Waals surface area contributed by atoms with E-state index >= 15 is 0 Å². The van der Waals surface area contributed by atoms with Crippen molar-refractivity contribution in [1.29, 1.82) is 0 Å². The Balaban J connectivity index is 2.03. The standard InChI is InChI=1S/C17H16BrNO4/c1-11-3-5-14(13(18)7-11)19-17(21)10-23-16-8-12(9-20)4-6-15(16)22-2/h3-9H,10H2,1-2H3,(H,19,21). The molecule has 0 aliphatic rings. The van der Waals surface area contributed by atoms with E-state index in [1.807, 2.05) is 25.1 Å². The van der Waals surface area contributed by atoms with Crippen LogP contribution in [0.15, 0.2) is 40.9 Å². The second kappa shape index (κ2) is 7.78. The first-order chi connectivity index (χ1) is 11.0. The molecule has 2 aromatic carbocycles. The minimum Gasteiger partial charge on any atom is -0.493 e. The van der Waals surface area contributed by atoms with Gasteiger partial charge in [0.2, 0.25) is 0 Å². The molecule has 23 heavy (non-hydrogen) atoms. The number of halogens is 1. The van der Waals surface area contributed by atoms with E-state index < -0.39 is 0 Å². The zero-order valence-corrected chi connectivity index (χ0v) is 14.3. The van der Waals surface area contributed by atoms with Gasteiger partial charge in [-0.2, -0.15) is 0 Å². The predicted octanol–water partition coefficient (Wildman–Crippen LogP) is 3.60. The van der Waals surface area contributed by atoms with Crippen molar-refractivity contribution in [3.8, 4) is 11.5 Å². The molecule has 0 aliphatic carbocycles. The zero-order valence-electron chi connectivity index (χ0n) is 12.8. The Morgan fingerprint density at radius 2 is 2.00 bits per heavy atom. The van der Waals surface area contributed by atoms with Gasteiger partial charge in [0, 0.05) is 10.0 Å². The van der Waals surface area contributed by atoms with Gasteiger partial charge in [0.1, 0.15) is 6.29 Å². The number of aldehydes is 1. The fourth-order valence-corrected chi connectivity index (χ4v) is 2.52. The van der Waals surface area contributed by atoms with Crippen LogP contribution in [0.3, 0.4) is 0 Å². The van der Waals surface area contributed by atoms with Crippen molar-refractivity contribution in [2.45, 2.75) is 6.92 Å². The van der Waals surface area contributed by atoms with Crippen molar-refractivity contribution >= 4 is 33.8 Å². The lowest BCUT2D eigenvalue weighted by molar-refractivity contribution is -0.118. The molecule has 0 saturated carbocycles. The molecule has 2 rings (SSSR count). The summed E-state index contributed by atoms with van der Waals surface area (Å²) in [7, 11) is 1.49. The molecule has 6 heteroatoms. The van der Waals surface area contributed by atoms with Gasteiger partial charge >= 0.3 is 0 Å². The Labute approximate surface area is 142 Å². The molecule has 0 aromatic heterocycles. The van der Waals surface area contributed by atoms with Gasteiger partial charge in [-0.3, -0.25) is 9.59 Å². The molecule has 0 fully saturated rings. The van der Waals surface area contributed by atoms with Crippen molar-refractivity contribution in [3.05, 3.63) is 52.0 Å². The second-order valence-corrected chi connectivity index (χ2v) is 5.70. The van der Waals surface area contributed by atoms with Crippen LogP contribution in [0.2, 0.25) is 0 Å². The number of methoxy groups -OCH3 is 1. The summed E-state index contributed by atoms with van der Waals surface area (Å²) < 4.78 is 11.4. The highest BCUT2D eigenvalue weighted by atomic mass is 79.9. The molecule has 0 radical (unpaired) electrons. The monoisotopic (exact) mass is 377 g/mol. The van der Waals surface area contributed by atoms with Gasteiger partial charge in [0.05, 0.1) is 12.8 Å². The number of amides is 1. The number of ether oxygens (including phenoxy) is 2. The number of nitrogens with one attached hydrogen (secondary N) is 1. The van der Waals surface area contributed by atoms with Crippen molar-refractivity contribution in [1.82, 2.24) is 0 Å². The second-order valence-electron chi connectivity index (χ2n) is 4.85. The van der Waals surface area contributed by atoms with E-state index in [1.54, 1.807) is 12.1 Å². The fourth-order valence-electron chi connectivity index (χ4n) is 1.93. The van der Waals surface area contributed by atoms with E-state index in [0.717, 1.165) is 10.0 Å². The van der Waals surface area contributed by atoms with E-state index in [2.05, 4.69) is 21.2 Å². The minimum absolute atomic E-state index is 0.195. The van der Waals surface area contributed by atoms with Gasteiger partial charge in [-0.25, -0.2) is 0 Å². The van der Waals surface area contributed by atoms with Crippen molar-refractivity contribution in [3.63, 3.8) is 0 Å². The highest BCUT2D eigenvalue weighted by Crippen LogP contribution is 2.28. The Morgan fingerprint density at radius 1 is 1.22 bits per heavy atom. The Morgan fingerprint density at radius 3 is 2.65 bits per heavy atom. The van der Waals surface area contributed by atoms with Crippen molar-refractivity contribution in [2.24, 2.45) is 0 Å². The van der Waals surface area contributed by atoms with E-state index in [4.69, 9.17) is 9.47 Å². The van der Waals surface area contributed by atoms with Crippen LogP contribution in [0.25, 0.3) is 0 Å². The van der Waals surface area contributed by atoms with Crippen LogP contribution in [0.5, 0.6) is 11.5 Å². The number of anilines is 1. The maximum atomic E-state index is 12.0. The fraction of sp³-hybridized carbons (Fsp3) is 0.176. The molecule has 120 valence electrons. The molecular weight excluding hydrogens is 362 g/mol.